The predicted octanol–water partition coefficient (Wildman–Crippen LogP) is 2.57. The van der Waals surface area contributed by atoms with Gasteiger partial charge < -0.3 is 26.9 Å². The molecule has 0 radical (unpaired) electrons. The molecule has 1 aliphatic carbocycles. The normalized spacial score (nSPS) is 16.9. The van der Waals surface area contributed by atoms with Crippen LogP contribution in [-0.2, 0) is 22.5 Å². The number of nitrogens with zero attached hydrogens (tertiary/aromatic N) is 1. The highest BCUT2D eigenvalue weighted by molar-refractivity contribution is 9.10. The zero-order valence-electron chi connectivity index (χ0n) is 18.9. The SMILES string of the molecule is C[N+](C)(Cc1ccc(NC(=O)C2=Cc3cc(Br)ccc3CCC2)cc1)C1CCOCC1.[Cl-]. The van der Waals surface area contributed by atoms with Crippen molar-refractivity contribution in [3.63, 3.8) is 0 Å². The molecule has 2 aliphatic rings. The number of rotatable bonds is 5. The van der Waals surface area contributed by atoms with Gasteiger partial charge in [-0.05, 0) is 60.7 Å². The zero-order valence-corrected chi connectivity index (χ0v) is 21.2. The summed E-state index contributed by atoms with van der Waals surface area (Å²) in [4.78, 5) is 12.9. The van der Waals surface area contributed by atoms with E-state index in [4.69, 9.17) is 4.74 Å². The van der Waals surface area contributed by atoms with E-state index in [1.807, 2.05) is 18.2 Å². The van der Waals surface area contributed by atoms with Crippen molar-refractivity contribution in [2.24, 2.45) is 0 Å². The minimum Gasteiger partial charge on any atom is -1.00 e. The van der Waals surface area contributed by atoms with Crippen LogP contribution in [-0.4, -0.2) is 43.7 Å². The Kier molecular flexibility index (Phi) is 8.56. The van der Waals surface area contributed by atoms with E-state index in [9.17, 15) is 4.79 Å². The van der Waals surface area contributed by atoms with Gasteiger partial charge in [0.05, 0.1) is 33.4 Å². The first-order valence-electron chi connectivity index (χ1n) is 11.2. The van der Waals surface area contributed by atoms with E-state index in [0.29, 0.717) is 6.04 Å². The van der Waals surface area contributed by atoms with E-state index in [0.717, 1.165) is 77.6 Å². The fourth-order valence-corrected chi connectivity index (χ4v) is 5.10. The fraction of sp³-hybridized carbons (Fsp3) is 0.423. The van der Waals surface area contributed by atoms with Gasteiger partial charge in [0.1, 0.15) is 6.54 Å². The second-order valence-electron chi connectivity index (χ2n) is 9.30. The molecule has 0 unspecified atom stereocenters. The highest BCUT2D eigenvalue weighted by atomic mass is 79.9. The molecule has 4 rings (SSSR count). The number of halogens is 2. The van der Waals surface area contributed by atoms with Crippen molar-refractivity contribution in [1.29, 1.82) is 0 Å². The Hall–Kier alpha value is -1.66. The summed E-state index contributed by atoms with van der Waals surface area (Å²) in [6.07, 6.45) is 7.08. The van der Waals surface area contributed by atoms with Crippen molar-refractivity contribution >= 4 is 33.6 Å². The van der Waals surface area contributed by atoms with Crippen molar-refractivity contribution in [2.75, 3.05) is 32.6 Å². The molecule has 172 valence electrons. The molecule has 0 spiro atoms. The van der Waals surface area contributed by atoms with Crippen LogP contribution in [0.2, 0.25) is 0 Å². The van der Waals surface area contributed by atoms with Crippen LogP contribution in [0.4, 0.5) is 5.69 Å². The highest BCUT2D eigenvalue weighted by Gasteiger charge is 2.30. The molecule has 0 aromatic heterocycles. The van der Waals surface area contributed by atoms with Gasteiger partial charge in [-0.1, -0.05) is 34.1 Å². The predicted molar refractivity (Wildman–Crippen MR) is 130 cm³/mol. The number of ether oxygens (including phenoxy) is 1. The maximum absolute atomic E-state index is 12.9. The quantitative estimate of drug-likeness (QED) is 0.617. The molecule has 0 saturated carbocycles. The minimum absolute atomic E-state index is 0. The summed E-state index contributed by atoms with van der Waals surface area (Å²) < 4.78 is 7.54. The van der Waals surface area contributed by atoms with Gasteiger partial charge in [-0.2, -0.15) is 0 Å². The molecule has 2 aromatic carbocycles. The van der Waals surface area contributed by atoms with Gasteiger partial charge in [0, 0.05) is 34.1 Å². The van der Waals surface area contributed by atoms with E-state index in [2.05, 4.69) is 65.7 Å². The van der Waals surface area contributed by atoms with Crippen LogP contribution >= 0.6 is 15.9 Å². The third-order valence-electron chi connectivity index (χ3n) is 6.60. The number of nitrogens with one attached hydrogen (secondary N) is 1. The van der Waals surface area contributed by atoms with Gasteiger partial charge >= 0.3 is 0 Å². The van der Waals surface area contributed by atoms with Gasteiger partial charge in [0.15, 0.2) is 0 Å². The zero-order chi connectivity index (χ0) is 21.8. The first-order chi connectivity index (χ1) is 14.9. The van der Waals surface area contributed by atoms with Crippen molar-refractivity contribution in [2.45, 2.75) is 44.7 Å². The fourth-order valence-electron chi connectivity index (χ4n) is 4.72. The Balaban J connectivity index is 0.00000289. The Morgan fingerprint density at radius 1 is 1.09 bits per heavy atom. The highest BCUT2D eigenvalue weighted by Crippen LogP contribution is 2.27. The third kappa shape index (κ3) is 6.22. The summed E-state index contributed by atoms with van der Waals surface area (Å²) in [6.45, 7) is 2.72. The van der Waals surface area contributed by atoms with Gasteiger partial charge in [-0.3, -0.25) is 4.79 Å². The number of amides is 1. The molecular weight excluding hydrogens is 488 g/mol. The lowest BCUT2D eigenvalue weighted by Gasteiger charge is -2.40. The largest absolute Gasteiger partial charge is 1.00 e. The summed E-state index contributed by atoms with van der Waals surface area (Å²) >= 11 is 3.54. The Morgan fingerprint density at radius 3 is 2.53 bits per heavy atom. The van der Waals surface area contributed by atoms with Crippen LogP contribution in [0.25, 0.3) is 6.08 Å². The van der Waals surface area contributed by atoms with Gasteiger partial charge in [-0.25, -0.2) is 0 Å². The summed E-state index contributed by atoms with van der Waals surface area (Å²) in [5, 5.41) is 3.10. The van der Waals surface area contributed by atoms with E-state index >= 15 is 0 Å². The molecule has 32 heavy (non-hydrogen) atoms. The topological polar surface area (TPSA) is 38.3 Å². The van der Waals surface area contributed by atoms with Crippen LogP contribution in [0.3, 0.4) is 0 Å². The molecule has 4 nitrogen and oxygen atoms in total. The Labute approximate surface area is 206 Å². The smallest absolute Gasteiger partial charge is 0.251 e. The number of benzene rings is 2. The molecule has 1 heterocycles. The van der Waals surface area contributed by atoms with Gasteiger partial charge in [-0.15, -0.1) is 0 Å². The average Bonchev–Trinajstić information content (AvgIpc) is 2.97. The number of quaternary nitrogens is 1. The van der Waals surface area contributed by atoms with Crippen molar-refractivity contribution in [1.82, 2.24) is 0 Å². The van der Waals surface area contributed by atoms with Crippen molar-refractivity contribution in [3.8, 4) is 0 Å². The van der Waals surface area contributed by atoms with Crippen LogP contribution in [0.15, 0.2) is 52.5 Å². The second kappa shape index (κ2) is 11.0. The number of aryl methyl sites for hydroxylation is 1. The standard InChI is InChI=1S/C26H31BrN2O2.ClH/c1-29(2,25-12-14-31-15-13-25)18-19-6-10-24(11-7-19)28-26(30)21-5-3-4-20-8-9-23(27)17-22(20)16-21;/h6-11,16-17,25H,3-5,12-15,18H2,1-2H3;1H. The average molecular weight is 520 g/mol. The molecule has 1 aliphatic heterocycles. The molecule has 0 atom stereocenters. The van der Waals surface area contributed by atoms with Crippen LogP contribution in [0.1, 0.15) is 42.4 Å². The van der Waals surface area contributed by atoms with Gasteiger partial charge in [0.2, 0.25) is 0 Å². The van der Waals surface area contributed by atoms with E-state index in [1.165, 1.54) is 11.1 Å². The van der Waals surface area contributed by atoms with Crippen molar-refractivity contribution in [3.05, 3.63) is 69.2 Å². The molecule has 1 fully saturated rings. The summed E-state index contributed by atoms with van der Waals surface area (Å²) in [7, 11) is 4.61. The van der Waals surface area contributed by atoms with Crippen molar-refractivity contribution < 1.29 is 26.4 Å². The number of anilines is 1. The number of carbonyl (C=O) groups excluding carboxylic acids is 1. The van der Waals surface area contributed by atoms with E-state index in [1.54, 1.807) is 0 Å². The first kappa shape index (κ1) is 25.0. The molecular formula is C26H32BrClN2O2. The minimum atomic E-state index is -0.00103. The maximum Gasteiger partial charge on any atom is 0.251 e. The number of hydrogen-bond donors (Lipinski definition) is 1. The lowest BCUT2D eigenvalue weighted by atomic mass is 10.0. The van der Waals surface area contributed by atoms with Crippen LogP contribution in [0, 0.1) is 0 Å². The Morgan fingerprint density at radius 2 is 1.81 bits per heavy atom. The van der Waals surface area contributed by atoms with Gasteiger partial charge in [0.25, 0.3) is 5.91 Å². The molecule has 6 heteroatoms. The lowest BCUT2D eigenvalue weighted by molar-refractivity contribution is -0.929. The molecule has 1 amide bonds. The van der Waals surface area contributed by atoms with E-state index < -0.39 is 0 Å². The first-order valence-corrected chi connectivity index (χ1v) is 12.0. The third-order valence-corrected chi connectivity index (χ3v) is 7.10. The lowest BCUT2D eigenvalue weighted by Crippen LogP contribution is -3.00. The summed E-state index contributed by atoms with van der Waals surface area (Å²) in [6, 6.07) is 15.3. The molecule has 1 N–H and O–H groups in total. The Bertz CT molecular complexity index is 966. The number of carbonyl (C=O) groups is 1. The van der Waals surface area contributed by atoms with Crippen LogP contribution in [0.5, 0.6) is 0 Å². The molecule has 2 aromatic rings. The molecule has 0 bridgehead atoms. The second-order valence-corrected chi connectivity index (χ2v) is 10.2. The monoisotopic (exact) mass is 518 g/mol. The van der Waals surface area contributed by atoms with Crippen LogP contribution < -0.4 is 17.7 Å². The maximum atomic E-state index is 12.9. The summed E-state index contributed by atoms with van der Waals surface area (Å²) in [5.74, 6) is -0.00103. The summed E-state index contributed by atoms with van der Waals surface area (Å²) in [5.41, 5.74) is 5.44. The number of hydrogen-bond acceptors (Lipinski definition) is 2. The van der Waals surface area contributed by atoms with E-state index in [-0.39, 0.29) is 18.3 Å². The molecule has 1 saturated heterocycles. The number of fused-ring (bicyclic) bond motifs is 1.